The van der Waals surface area contributed by atoms with E-state index in [9.17, 15) is 22.8 Å². The van der Waals surface area contributed by atoms with E-state index in [2.05, 4.69) is 13.8 Å². The summed E-state index contributed by atoms with van der Waals surface area (Å²) in [5.74, 6) is 0.803. The molecule has 0 bridgehead atoms. The summed E-state index contributed by atoms with van der Waals surface area (Å²) >= 11 is 0. The number of piperidine rings is 1. The summed E-state index contributed by atoms with van der Waals surface area (Å²) in [6.45, 7) is 5.26. The Hall–Kier alpha value is -2.51. The lowest BCUT2D eigenvalue weighted by Gasteiger charge is -2.34. The van der Waals surface area contributed by atoms with Crippen molar-refractivity contribution in [1.29, 1.82) is 0 Å². The first-order chi connectivity index (χ1) is 12.6. The van der Waals surface area contributed by atoms with Crippen LogP contribution in [0, 0.1) is 11.8 Å². The van der Waals surface area contributed by atoms with Crippen molar-refractivity contribution in [3.8, 4) is 5.75 Å². The number of ether oxygens (including phenoxy) is 1. The van der Waals surface area contributed by atoms with Crippen molar-refractivity contribution in [3.05, 3.63) is 40.2 Å². The first kappa shape index (κ1) is 19.3. The minimum atomic E-state index is -4.67. The molecule has 0 radical (unpaired) electrons. The molecule has 1 amide bonds. The fourth-order valence-electron chi connectivity index (χ4n) is 3.57. The molecule has 1 aromatic carbocycles. The smallest absolute Gasteiger partial charge is 0.417 e. The Morgan fingerprint density at radius 3 is 2.52 bits per heavy atom. The highest BCUT2D eigenvalue weighted by atomic mass is 19.4. The molecule has 0 spiro atoms. The average Bonchev–Trinajstić information content (AvgIpc) is 2.56. The lowest BCUT2D eigenvalue weighted by Crippen LogP contribution is -2.44. The second-order valence-electron chi connectivity index (χ2n) is 7.17. The van der Waals surface area contributed by atoms with E-state index >= 15 is 0 Å². The molecule has 1 saturated heterocycles. The van der Waals surface area contributed by atoms with Gasteiger partial charge in [0.15, 0.2) is 6.61 Å². The summed E-state index contributed by atoms with van der Waals surface area (Å²) in [7, 11) is 0. The van der Waals surface area contributed by atoms with E-state index in [1.165, 1.54) is 18.2 Å². The van der Waals surface area contributed by atoms with Crippen LogP contribution in [0.2, 0.25) is 0 Å². The Balaban J connectivity index is 1.76. The maximum Gasteiger partial charge on any atom is 0.417 e. The van der Waals surface area contributed by atoms with Crippen molar-refractivity contribution in [2.75, 3.05) is 19.7 Å². The number of hydrogen-bond donors (Lipinski definition) is 0. The number of halogens is 3. The molecule has 5 nitrogen and oxygen atoms in total. The van der Waals surface area contributed by atoms with E-state index in [1.807, 2.05) is 0 Å². The largest absolute Gasteiger partial charge is 0.484 e. The molecule has 8 heteroatoms. The van der Waals surface area contributed by atoms with Gasteiger partial charge in [0.05, 0.1) is 5.56 Å². The summed E-state index contributed by atoms with van der Waals surface area (Å²) in [4.78, 5) is 25.5. The zero-order valence-electron chi connectivity index (χ0n) is 15.0. The number of hydrogen-bond acceptors (Lipinski definition) is 4. The van der Waals surface area contributed by atoms with Gasteiger partial charge < -0.3 is 14.1 Å². The van der Waals surface area contributed by atoms with Crippen LogP contribution in [0.25, 0.3) is 11.0 Å². The molecule has 0 saturated carbocycles. The molecule has 1 aliphatic rings. The Kier molecular flexibility index (Phi) is 5.17. The first-order valence-electron chi connectivity index (χ1n) is 8.69. The topological polar surface area (TPSA) is 59.8 Å². The molecular weight excluding hydrogens is 363 g/mol. The van der Waals surface area contributed by atoms with Gasteiger partial charge in [0, 0.05) is 30.6 Å². The van der Waals surface area contributed by atoms with E-state index in [-0.39, 0.29) is 29.2 Å². The van der Waals surface area contributed by atoms with Gasteiger partial charge in [-0.15, -0.1) is 0 Å². The second-order valence-corrected chi connectivity index (χ2v) is 7.17. The summed E-state index contributed by atoms with van der Waals surface area (Å²) < 4.78 is 49.5. The van der Waals surface area contributed by atoms with Crippen LogP contribution in [0.15, 0.2) is 33.5 Å². The quantitative estimate of drug-likeness (QED) is 0.759. The molecule has 0 aliphatic carbocycles. The van der Waals surface area contributed by atoms with Gasteiger partial charge in [-0.3, -0.25) is 4.79 Å². The molecule has 1 aromatic heterocycles. The van der Waals surface area contributed by atoms with E-state index in [1.54, 1.807) is 4.90 Å². The summed E-state index contributed by atoms with van der Waals surface area (Å²) in [5.41, 5.74) is -2.40. The van der Waals surface area contributed by atoms with Gasteiger partial charge in [0.2, 0.25) is 0 Å². The number of fused-ring (bicyclic) bond motifs is 1. The number of carbonyl (C=O) groups excluding carboxylic acids is 1. The first-order valence-corrected chi connectivity index (χ1v) is 8.69. The highest BCUT2D eigenvalue weighted by Crippen LogP contribution is 2.34. The fourth-order valence-corrected chi connectivity index (χ4v) is 3.57. The molecule has 27 heavy (non-hydrogen) atoms. The predicted octanol–water partition coefficient (Wildman–Crippen LogP) is 3.70. The van der Waals surface area contributed by atoms with E-state index < -0.39 is 17.4 Å². The van der Waals surface area contributed by atoms with Crippen LogP contribution in [0.4, 0.5) is 13.2 Å². The van der Waals surface area contributed by atoms with Crippen molar-refractivity contribution in [2.45, 2.75) is 26.4 Å². The molecule has 2 aromatic rings. The van der Waals surface area contributed by atoms with Crippen LogP contribution >= 0.6 is 0 Å². The molecule has 0 N–H and O–H groups in total. The molecule has 1 aliphatic heterocycles. The molecule has 3 rings (SSSR count). The van der Waals surface area contributed by atoms with Crippen LogP contribution in [0.5, 0.6) is 5.75 Å². The highest BCUT2D eigenvalue weighted by molar-refractivity contribution is 5.82. The number of benzene rings is 1. The molecular formula is C19H20F3NO4. The van der Waals surface area contributed by atoms with Gasteiger partial charge >= 0.3 is 11.8 Å². The molecule has 2 heterocycles. The molecule has 2 unspecified atom stereocenters. The minimum absolute atomic E-state index is 0.163. The second kappa shape index (κ2) is 7.25. The lowest BCUT2D eigenvalue weighted by atomic mass is 9.92. The van der Waals surface area contributed by atoms with Gasteiger partial charge in [0.1, 0.15) is 11.3 Å². The third kappa shape index (κ3) is 4.43. The number of rotatable bonds is 3. The zero-order chi connectivity index (χ0) is 19.8. The third-order valence-corrected chi connectivity index (χ3v) is 4.61. The number of likely N-dealkylation sites (tertiary alicyclic amines) is 1. The van der Waals surface area contributed by atoms with Crippen molar-refractivity contribution in [3.63, 3.8) is 0 Å². The van der Waals surface area contributed by atoms with Crippen molar-refractivity contribution in [2.24, 2.45) is 11.8 Å². The normalized spacial score (nSPS) is 20.7. The average molecular weight is 383 g/mol. The Bertz CT molecular complexity index is 896. The van der Waals surface area contributed by atoms with E-state index in [4.69, 9.17) is 9.15 Å². The van der Waals surface area contributed by atoms with Gasteiger partial charge in [-0.05, 0) is 30.4 Å². The van der Waals surface area contributed by atoms with E-state index in [0.29, 0.717) is 31.0 Å². The number of alkyl halides is 3. The van der Waals surface area contributed by atoms with Crippen molar-refractivity contribution < 1.29 is 27.1 Å². The van der Waals surface area contributed by atoms with Crippen LogP contribution in [0.3, 0.4) is 0 Å². The zero-order valence-corrected chi connectivity index (χ0v) is 15.0. The maximum atomic E-state index is 13.1. The predicted molar refractivity (Wildman–Crippen MR) is 92.5 cm³/mol. The van der Waals surface area contributed by atoms with Gasteiger partial charge in [-0.25, -0.2) is 4.79 Å². The number of nitrogens with zero attached hydrogens (tertiary/aromatic N) is 1. The monoisotopic (exact) mass is 383 g/mol. The van der Waals surface area contributed by atoms with Crippen LogP contribution < -0.4 is 10.4 Å². The lowest BCUT2D eigenvalue weighted by molar-refractivity contribution is -0.137. The Morgan fingerprint density at radius 1 is 1.22 bits per heavy atom. The van der Waals surface area contributed by atoms with Crippen molar-refractivity contribution >= 4 is 16.9 Å². The Labute approximate surface area is 153 Å². The maximum absolute atomic E-state index is 13.1. The highest BCUT2D eigenvalue weighted by Gasteiger charge is 2.34. The number of carbonyl (C=O) groups is 1. The van der Waals surface area contributed by atoms with Gasteiger partial charge in [-0.2, -0.15) is 13.2 Å². The Morgan fingerprint density at radius 2 is 1.89 bits per heavy atom. The van der Waals surface area contributed by atoms with Crippen molar-refractivity contribution in [1.82, 2.24) is 4.90 Å². The van der Waals surface area contributed by atoms with Crippen LogP contribution in [-0.4, -0.2) is 30.5 Å². The standard InChI is InChI=1S/C19H20F3NO4/c1-11-5-12(2)9-23(8-11)17(24)10-26-13-3-4-14-15(19(20,21)22)7-18(25)27-16(14)6-13/h3-4,6-7,11-12H,5,8-10H2,1-2H3. The van der Waals surface area contributed by atoms with Gasteiger partial charge in [0.25, 0.3) is 5.91 Å². The van der Waals surface area contributed by atoms with E-state index in [0.717, 1.165) is 6.42 Å². The molecule has 146 valence electrons. The minimum Gasteiger partial charge on any atom is -0.484 e. The van der Waals surface area contributed by atoms with Crippen LogP contribution in [-0.2, 0) is 11.0 Å². The fraction of sp³-hybridized carbons (Fsp3) is 0.474. The molecule has 2 atom stereocenters. The summed E-state index contributed by atoms with van der Waals surface area (Å²) in [5, 5.41) is -0.237. The SMILES string of the molecule is CC1CC(C)CN(C(=O)COc2ccc3c(C(F)(F)F)cc(=O)oc3c2)C1. The van der Waals surface area contributed by atoms with Crippen LogP contribution in [0.1, 0.15) is 25.8 Å². The molecule has 1 fully saturated rings. The number of amides is 1. The van der Waals surface area contributed by atoms with Gasteiger partial charge in [-0.1, -0.05) is 13.8 Å². The summed E-state index contributed by atoms with van der Waals surface area (Å²) in [6.07, 6.45) is -3.61. The summed E-state index contributed by atoms with van der Waals surface area (Å²) in [6, 6.07) is 4.12. The third-order valence-electron chi connectivity index (χ3n) is 4.61.